The lowest BCUT2D eigenvalue weighted by atomic mass is 9.71. The minimum atomic E-state index is 0.0506. The van der Waals surface area contributed by atoms with Crippen LogP contribution in [0.4, 0.5) is 0 Å². The van der Waals surface area contributed by atoms with Crippen molar-refractivity contribution in [1.29, 1.82) is 0 Å². The second kappa shape index (κ2) is 6.86. The summed E-state index contributed by atoms with van der Waals surface area (Å²) in [5, 5.41) is 5.04. The van der Waals surface area contributed by atoms with Gasteiger partial charge in [-0.2, -0.15) is 0 Å². The van der Waals surface area contributed by atoms with Crippen molar-refractivity contribution in [2.75, 3.05) is 6.54 Å². The third-order valence-electron chi connectivity index (χ3n) is 4.02. The van der Waals surface area contributed by atoms with E-state index in [4.69, 9.17) is 5.73 Å². The number of rotatable bonds is 5. The first-order chi connectivity index (χ1) is 9.15. The maximum atomic E-state index is 12.1. The number of carbonyl (C=O) groups is 1. The van der Waals surface area contributed by atoms with E-state index in [-0.39, 0.29) is 11.3 Å². The Morgan fingerprint density at radius 2 is 2.16 bits per heavy atom. The topological polar surface area (TPSA) is 55.1 Å². The third-order valence-corrected chi connectivity index (χ3v) is 5.95. The monoisotopic (exact) mass is 344 g/mol. The normalized spacial score (nSPS) is 18.2. The van der Waals surface area contributed by atoms with Gasteiger partial charge in [-0.3, -0.25) is 4.79 Å². The minimum absolute atomic E-state index is 0.0506. The number of halogens is 1. The van der Waals surface area contributed by atoms with Crippen molar-refractivity contribution in [3.63, 3.8) is 0 Å². The molecule has 0 aromatic carbocycles. The van der Waals surface area contributed by atoms with E-state index in [1.807, 2.05) is 11.4 Å². The fourth-order valence-corrected chi connectivity index (χ4v) is 4.22. The van der Waals surface area contributed by atoms with Crippen LogP contribution in [0.3, 0.4) is 0 Å². The van der Waals surface area contributed by atoms with Gasteiger partial charge in [0.2, 0.25) is 5.91 Å². The number of thiophene rings is 1. The van der Waals surface area contributed by atoms with Gasteiger partial charge in [-0.1, -0.05) is 19.3 Å². The molecule has 106 valence electrons. The number of hydrogen-bond donors (Lipinski definition) is 2. The van der Waals surface area contributed by atoms with Gasteiger partial charge in [0.25, 0.3) is 0 Å². The van der Waals surface area contributed by atoms with Crippen molar-refractivity contribution in [3.05, 3.63) is 20.8 Å². The molecule has 0 radical (unpaired) electrons. The smallest absolute Gasteiger partial charge is 0.220 e. The van der Waals surface area contributed by atoms with Crippen molar-refractivity contribution in [2.24, 2.45) is 11.1 Å². The van der Waals surface area contributed by atoms with E-state index in [0.29, 0.717) is 19.5 Å². The van der Waals surface area contributed by atoms with E-state index in [2.05, 4.69) is 21.2 Å². The Balaban J connectivity index is 1.84. The Bertz CT molecular complexity index is 427. The first-order valence-corrected chi connectivity index (χ1v) is 8.51. The summed E-state index contributed by atoms with van der Waals surface area (Å²) in [7, 11) is 0. The summed E-state index contributed by atoms with van der Waals surface area (Å²) < 4.78 is 1.07. The Labute approximate surface area is 127 Å². The van der Waals surface area contributed by atoms with E-state index in [1.165, 1.54) is 24.1 Å². The molecule has 1 amide bonds. The molecule has 0 atom stereocenters. The lowest BCUT2D eigenvalue weighted by Gasteiger charge is -2.35. The van der Waals surface area contributed by atoms with Crippen LogP contribution in [-0.4, -0.2) is 12.5 Å². The van der Waals surface area contributed by atoms with Crippen LogP contribution in [0, 0.1) is 5.41 Å². The average molecular weight is 345 g/mol. The summed E-state index contributed by atoms with van der Waals surface area (Å²) in [6.07, 6.45) is 6.47. The molecule has 0 unspecified atom stereocenters. The molecule has 0 bridgehead atoms. The summed E-state index contributed by atoms with van der Waals surface area (Å²) in [5.74, 6) is 0.132. The van der Waals surface area contributed by atoms with Crippen molar-refractivity contribution in [2.45, 2.75) is 45.1 Å². The molecule has 1 saturated carbocycles. The number of amides is 1. The molecule has 0 aliphatic heterocycles. The molecule has 3 N–H and O–H groups in total. The Morgan fingerprint density at radius 1 is 1.42 bits per heavy atom. The van der Waals surface area contributed by atoms with Gasteiger partial charge in [-0.05, 0) is 52.2 Å². The molecule has 0 spiro atoms. The summed E-state index contributed by atoms with van der Waals surface area (Å²) in [4.78, 5) is 13.3. The van der Waals surface area contributed by atoms with Crippen molar-refractivity contribution in [3.8, 4) is 0 Å². The van der Waals surface area contributed by atoms with Crippen molar-refractivity contribution >= 4 is 33.2 Å². The number of nitrogens with two attached hydrogens (primary N) is 1. The zero-order chi connectivity index (χ0) is 13.7. The highest BCUT2D eigenvalue weighted by molar-refractivity contribution is 9.10. The average Bonchev–Trinajstić information content (AvgIpc) is 2.83. The van der Waals surface area contributed by atoms with Gasteiger partial charge >= 0.3 is 0 Å². The minimum Gasteiger partial charge on any atom is -0.351 e. The van der Waals surface area contributed by atoms with Crippen LogP contribution in [0.5, 0.6) is 0 Å². The molecule has 2 rings (SSSR count). The van der Waals surface area contributed by atoms with Gasteiger partial charge in [0.05, 0.1) is 6.54 Å². The lowest BCUT2D eigenvalue weighted by Crippen LogP contribution is -2.38. The van der Waals surface area contributed by atoms with Crippen molar-refractivity contribution < 1.29 is 4.79 Å². The zero-order valence-corrected chi connectivity index (χ0v) is 13.5. The zero-order valence-electron chi connectivity index (χ0n) is 11.1. The van der Waals surface area contributed by atoms with Crippen LogP contribution in [0.15, 0.2) is 15.9 Å². The first-order valence-electron chi connectivity index (χ1n) is 6.84. The molecular formula is C14H21BrN2OS. The molecule has 0 saturated heterocycles. The van der Waals surface area contributed by atoms with Crippen LogP contribution in [-0.2, 0) is 11.3 Å². The Kier molecular flexibility index (Phi) is 5.42. The molecule has 1 aliphatic rings. The van der Waals surface area contributed by atoms with E-state index in [0.717, 1.165) is 17.3 Å². The summed E-state index contributed by atoms with van der Waals surface area (Å²) in [5.41, 5.74) is 5.97. The second-order valence-corrected chi connectivity index (χ2v) is 7.27. The highest BCUT2D eigenvalue weighted by Crippen LogP contribution is 2.38. The molecule has 1 aliphatic carbocycles. The molecular weight excluding hydrogens is 324 g/mol. The predicted molar refractivity (Wildman–Crippen MR) is 83.1 cm³/mol. The van der Waals surface area contributed by atoms with Gasteiger partial charge < -0.3 is 11.1 Å². The molecule has 5 heteroatoms. The highest BCUT2D eigenvalue weighted by Gasteiger charge is 2.32. The summed E-state index contributed by atoms with van der Waals surface area (Å²) in [6.45, 7) is 1.24. The van der Waals surface area contributed by atoms with E-state index < -0.39 is 0 Å². The maximum absolute atomic E-state index is 12.1. The van der Waals surface area contributed by atoms with Gasteiger partial charge in [-0.25, -0.2) is 0 Å². The van der Waals surface area contributed by atoms with E-state index >= 15 is 0 Å². The predicted octanol–water partition coefficient (Wildman–Crippen LogP) is 3.43. The quantitative estimate of drug-likeness (QED) is 0.859. The number of nitrogens with one attached hydrogen (secondary N) is 1. The van der Waals surface area contributed by atoms with Gasteiger partial charge in [0.1, 0.15) is 0 Å². The standard InChI is InChI=1S/C14H21BrN2OS/c15-11-4-7-19-12(11)9-17-13(18)8-14(10-16)5-2-1-3-6-14/h4,7H,1-3,5-6,8-10,16H2,(H,17,18). The van der Waals surface area contributed by atoms with Crippen LogP contribution in [0.25, 0.3) is 0 Å². The summed E-state index contributed by atoms with van der Waals surface area (Å²) >= 11 is 5.13. The largest absolute Gasteiger partial charge is 0.351 e. The van der Waals surface area contributed by atoms with E-state index in [9.17, 15) is 4.79 Å². The molecule has 1 aromatic heterocycles. The Morgan fingerprint density at radius 3 is 2.74 bits per heavy atom. The Hall–Kier alpha value is -0.390. The third kappa shape index (κ3) is 4.04. The van der Waals surface area contributed by atoms with Crippen LogP contribution in [0.2, 0.25) is 0 Å². The highest BCUT2D eigenvalue weighted by atomic mass is 79.9. The van der Waals surface area contributed by atoms with Crippen LogP contribution < -0.4 is 11.1 Å². The first kappa shape index (κ1) is 15.0. The van der Waals surface area contributed by atoms with Gasteiger partial charge in [0.15, 0.2) is 0 Å². The molecule has 1 heterocycles. The molecule has 1 aromatic rings. The lowest BCUT2D eigenvalue weighted by molar-refractivity contribution is -0.124. The van der Waals surface area contributed by atoms with Gasteiger partial charge in [-0.15, -0.1) is 11.3 Å². The van der Waals surface area contributed by atoms with Crippen molar-refractivity contribution in [1.82, 2.24) is 5.32 Å². The number of hydrogen-bond acceptors (Lipinski definition) is 3. The van der Waals surface area contributed by atoms with E-state index in [1.54, 1.807) is 11.3 Å². The van der Waals surface area contributed by atoms with Crippen LogP contribution in [0.1, 0.15) is 43.4 Å². The molecule has 19 heavy (non-hydrogen) atoms. The molecule has 3 nitrogen and oxygen atoms in total. The SMILES string of the molecule is NCC1(CC(=O)NCc2sccc2Br)CCCCC1. The van der Waals surface area contributed by atoms with Crippen LogP contribution >= 0.6 is 27.3 Å². The molecule has 1 fully saturated rings. The maximum Gasteiger partial charge on any atom is 0.220 e. The fraction of sp³-hybridized carbons (Fsp3) is 0.643. The van der Waals surface area contributed by atoms with Gasteiger partial charge in [0, 0.05) is 15.8 Å². The number of carbonyl (C=O) groups excluding carboxylic acids is 1. The fourth-order valence-electron chi connectivity index (χ4n) is 2.79. The second-order valence-electron chi connectivity index (χ2n) is 5.41. The summed E-state index contributed by atoms with van der Waals surface area (Å²) in [6, 6.07) is 2.01.